The molecule has 1 aromatic carbocycles. The van der Waals surface area contributed by atoms with Gasteiger partial charge in [0.25, 0.3) is 5.91 Å². The van der Waals surface area contributed by atoms with Gasteiger partial charge in [-0.15, -0.1) is 0 Å². The average Bonchev–Trinajstić information content (AvgIpc) is 2.31. The van der Waals surface area contributed by atoms with Crippen molar-refractivity contribution in [3.8, 4) is 0 Å². The van der Waals surface area contributed by atoms with E-state index in [9.17, 15) is 9.18 Å². The van der Waals surface area contributed by atoms with Gasteiger partial charge in [0, 0.05) is 6.04 Å². The molecule has 2 nitrogen and oxygen atoms in total. The van der Waals surface area contributed by atoms with Crippen molar-refractivity contribution >= 4 is 21.8 Å². The van der Waals surface area contributed by atoms with Crippen LogP contribution in [-0.4, -0.2) is 11.9 Å². The number of carbonyl (C=O) groups is 1. The maximum Gasteiger partial charge on any atom is 0.252 e. The van der Waals surface area contributed by atoms with Crippen LogP contribution in [0.4, 0.5) is 4.39 Å². The average molecular weight is 302 g/mol. The summed E-state index contributed by atoms with van der Waals surface area (Å²) in [7, 11) is 0. The van der Waals surface area contributed by atoms with Crippen LogP contribution in [-0.2, 0) is 0 Å². The smallest absolute Gasteiger partial charge is 0.252 e. The van der Waals surface area contributed by atoms with Crippen molar-refractivity contribution in [2.24, 2.45) is 5.92 Å². The molecule has 0 saturated heterocycles. The summed E-state index contributed by atoms with van der Waals surface area (Å²) in [5.41, 5.74) is 0.333. The molecule has 0 aliphatic heterocycles. The maximum atomic E-state index is 13.3. The monoisotopic (exact) mass is 301 g/mol. The number of rotatable bonds is 4. The van der Waals surface area contributed by atoms with Gasteiger partial charge in [-0.25, -0.2) is 4.39 Å². The number of amides is 1. The standard InChI is InChI=1S/C13H17BrFNO/c1-4-8(2)9(3)16-13(17)10-6-5-7-11(15)12(10)14/h5-9H,4H2,1-3H3,(H,16,17). The van der Waals surface area contributed by atoms with E-state index in [0.717, 1.165) is 6.42 Å². The van der Waals surface area contributed by atoms with Crippen molar-refractivity contribution in [1.29, 1.82) is 0 Å². The topological polar surface area (TPSA) is 29.1 Å². The maximum absolute atomic E-state index is 13.3. The first-order valence-electron chi connectivity index (χ1n) is 5.72. The summed E-state index contributed by atoms with van der Waals surface area (Å²) >= 11 is 3.09. The zero-order valence-electron chi connectivity index (χ0n) is 10.3. The van der Waals surface area contributed by atoms with E-state index in [2.05, 4.69) is 35.1 Å². The predicted octanol–water partition coefficient (Wildman–Crippen LogP) is 3.75. The van der Waals surface area contributed by atoms with E-state index in [4.69, 9.17) is 0 Å². The van der Waals surface area contributed by atoms with Gasteiger partial charge < -0.3 is 5.32 Å². The summed E-state index contributed by atoms with van der Waals surface area (Å²) in [6, 6.07) is 4.52. The van der Waals surface area contributed by atoms with Gasteiger partial charge in [-0.1, -0.05) is 26.3 Å². The molecule has 2 atom stereocenters. The minimum Gasteiger partial charge on any atom is -0.349 e. The van der Waals surface area contributed by atoms with Crippen LogP contribution in [0.15, 0.2) is 22.7 Å². The Morgan fingerprint density at radius 1 is 1.47 bits per heavy atom. The van der Waals surface area contributed by atoms with E-state index in [0.29, 0.717) is 11.5 Å². The Morgan fingerprint density at radius 3 is 2.71 bits per heavy atom. The molecule has 0 spiro atoms. The lowest BCUT2D eigenvalue weighted by Gasteiger charge is -2.20. The molecule has 2 unspecified atom stereocenters. The molecular formula is C13H17BrFNO. The quantitative estimate of drug-likeness (QED) is 0.901. The molecule has 1 rings (SSSR count). The summed E-state index contributed by atoms with van der Waals surface area (Å²) < 4.78 is 13.5. The van der Waals surface area contributed by atoms with Crippen LogP contribution in [0.1, 0.15) is 37.6 Å². The second kappa shape index (κ2) is 6.15. The first-order valence-corrected chi connectivity index (χ1v) is 6.51. The van der Waals surface area contributed by atoms with E-state index in [1.807, 2.05) is 6.92 Å². The highest BCUT2D eigenvalue weighted by molar-refractivity contribution is 9.10. The van der Waals surface area contributed by atoms with Crippen LogP contribution in [0.5, 0.6) is 0 Å². The van der Waals surface area contributed by atoms with E-state index in [1.54, 1.807) is 6.07 Å². The van der Waals surface area contributed by atoms with Crippen LogP contribution >= 0.6 is 15.9 Å². The molecule has 0 aliphatic carbocycles. The number of nitrogens with one attached hydrogen (secondary N) is 1. The lowest BCUT2D eigenvalue weighted by molar-refractivity contribution is 0.0927. The van der Waals surface area contributed by atoms with Crippen molar-refractivity contribution in [3.05, 3.63) is 34.1 Å². The number of carbonyl (C=O) groups excluding carboxylic acids is 1. The SMILES string of the molecule is CCC(C)C(C)NC(=O)c1cccc(F)c1Br. The summed E-state index contributed by atoms with van der Waals surface area (Å²) in [5.74, 6) is -0.274. The fourth-order valence-electron chi connectivity index (χ4n) is 1.46. The van der Waals surface area contributed by atoms with E-state index >= 15 is 0 Å². The third-order valence-electron chi connectivity index (χ3n) is 3.05. The van der Waals surface area contributed by atoms with Crippen LogP contribution in [0.2, 0.25) is 0 Å². The summed E-state index contributed by atoms with van der Waals surface area (Å²) in [6.07, 6.45) is 0.992. The van der Waals surface area contributed by atoms with Gasteiger partial charge >= 0.3 is 0 Å². The largest absolute Gasteiger partial charge is 0.349 e. The van der Waals surface area contributed by atoms with E-state index in [-0.39, 0.29) is 16.4 Å². The molecule has 1 aromatic rings. The summed E-state index contributed by atoms with van der Waals surface area (Å²) in [5, 5.41) is 2.88. The summed E-state index contributed by atoms with van der Waals surface area (Å²) in [6.45, 7) is 6.11. The highest BCUT2D eigenvalue weighted by Crippen LogP contribution is 2.20. The van der Waals surface area contributed by atoms with Gasteiger partial charge in [-0.2, -0.15) is 0 Å². The van der Waals surface area contributed by atoms with Crippen molar-refractivity contribution < 1.29 is 9.18 Å². The minimum absolute atomic E-state index is 0.0719. The molecule has 0 bridgehead atoms. The molecule has 4 heteroatoms. The lowest BCUT2D eigenvalue weighted by atomic mass is 10.0. The normalized spacial score (nSPS) is 14.2. The highest BCUT2D eigenvalue weighted by atomic mass is 79.9. The number of hydrogen-bond acceptors (Lipinski definition) is 1. The molecule has 94 valence electrons. The molecule has 0 saturated carbocycles. The first-order chi connectivity index (χ1) is 7.97. The Labute approximate surface area is 110 Å². The zero-order valence-corrected chi connectivity index (χ0v) is 11.8. The van der Waals surface area contributed by atoms with Crippen molar-refractivity contribution in [2.75, 3.05) is 0 Å². The molecule has 0 fully saturated rings. The summed E-state index contributed by atoms with van der Waals surface area (Å²) in [4.78, 5) is 11.9. The zero-order chi connectivity index (χ0) is 13.0. The molecule has 1 N–H and O–H groups in total. The lowest BCUT2D eigenvalue weighted by Crippen LogP contribution is -2.37. The molecular weight excluding hydrogens is 285 g/mol. The van der Waals surface area contributed by atoms with Crippen molar-refractivity contribution in [3.63, 3.8) is 0 Å². The Hall–Kier alpha value is -0.900. The first kappa shape index (κ1) is 14.2. The van der Waals surface area contributed by atoms with Gasteiger partial charge in [-0.05, 0) is 40.9 Å². The van der Waals surface area contributed by atoms with Crippen molar-refractivity contribution in [2.45, 2.75) is 33.2 Å². The molecule has 1 amide bonds. The van der Waals surface area contributed by atoms with Crippen molar-refractivity contribution in [1.82, 2.24) is 5.32 Å². The molecule has 0 heterocycles. The van der Waals surface area contributed by atoms with Gasteiger partial charge in [0.1, 0.15) is 5.82 Å². The molecule has 0 aliphatic rings. The second-order valence-electron chi connectivity index (χ2n) is 4.25. The Morgan fingerprint density at radius 2 is 2.12 bits per heavy atom. The van der Waals surface area contributed by atoms with Crippen LogP contribution in [0, 0.1) is 11.7 Å². The Kier molecular flexibility index (Phi) is 5.12. The predicted molar refractivity (Wildman–Crippen MR) is 70.5 cm³/mol. The van der Waals surface area contributed by atoms with Gasteiger partial charge in [-0.3, -0.25) is 4.79 Å². The Bertz CT molecular complexity index is 408. The second-order valence-corrected chi connectivity index (χ2v) is 5.04. The number of halogens is 2. The third-order valence-corrected chi connectivity index (χ3v) is 3.86. The minimum atomic E-state index is -0.422. The van der Waals surface area contributed by atoms with E-state index in [1.165, 1.54) is 12.1 Å². The van der Waals surface area contributed by atoms with Crippen LogP contribution in [0.3, 0.4) is 0 Å². The number of benzene rings is 1. The van der Waals surface area contributed by atoms with Gasteiger partial charge in [0.2, 0.25) is 0 Å². The molecule has 0 aromatic heterocycles. The third kappa shape index (κ3) is 3.53. The van der Waals surface area contributed by atoms with Crippen LogP contribution in [0.25, 0.3) is 0 Å². The Balaban J connectivity index is 2.80. The number of hydrogen-bond donors (Lipinski definition) is 1. The van der Waals surface area contributed by atoms with Gasteiger partial charge in [0.05, 0.1) is 10.0 Å². The van der Waals surface area contributed by atoms with Crippen LogP contribution < -0.4 is 5.32 Å². The van der Waals surface area contributed by atoms with Gasteiger partial charge in [0.15, 0.2) is 0 Å². The molecule has 0 radical (unpaired) electrons. The molecule has 17 heavy (non-hydrogen) atoms. The highest BCUT2D eigenvalue weighted by Gasteiger charge is 2.17. The fourth-order valence-corrected chi connectivity index (χ4v) is 1.90. The van der Waals surface area contributed by atoms with E-state index < -0.39 is 5.82 Å². The fraction of sp³-hybridized carbons (Fsp3) is 0.462.